The highest BCUT2D eigenvalue weighted by molar-refractivity contribution is 5.66. The summed E-state index contributed by atoms with van der Waals surface area (Å²) in [6.45, 7) is 9.41. The predicted octanol–water partition coefficient (Wildman–Crippen LogP) is 4.72. The lowest BCUT2D eigenvalue weighted by Crippen LogP contribution is -2.61. The average Bonchev–Trinajstić information content (AvgIpc) is 3.02. The van der Waals surface area contributed by atoms with Gasteiger partial charge in [-0.15, -0.1) is 0 Å². The molecular formula is C25H42O4. The summed E-state index contributed by atoms with van der Waals surface area (Å²) in [5.74, 6) is 2.50. The molecule has 0 aromatic heterocycles. The van der Waals surface area contributed by atoms with Crippen LogP contribution in [0, 0.1) is 52.3 Å². The molecule has 4 fully saturated rings. The molecule has 0 amide bonds. The Labute approximate surface area is 176 Å². The summed E-state index contributed by atoms with van der Waals surface area (Å²) in [5.41, 5.74) is 0.480. The fourth-order valence-electron chi connectivity index (χ4n) is 9.18. The second kappa shape index (κ2) is 7.51. The summed E-state index contributed by atoms with van der Waals surface area (Å²) in [7, 11) is 0. The van der Waals surface area contributed by atoms with Crippen LogP contribution in [0.3, 0.4) is 0 Å². The van der Waals surface area contributed by atoms with Crippen LogP contribution in [0.1, 0.15) is 85.5 Å². The van der Waals surface area contributed by atoms with Crippen molar-refractivity contribution in [3.05, 3.63) is 0 Å². The second-order valence-electron chi connectivity index (χ2n) is 11.8. The van der Waals surface area contributed by atoms with Gasteiger partial charge >= 0.3 is 5.97 Å². The van der Waals surface area contributed by atoms with E-state index in [1.54, 1.807) is 0 Å². The maximum Gasteiger partial charge on any atom is 0.303 e. The molecule has 0 heterocycles. The molecule has 0 aromatic carbocycles. The average molecular weight is 407 g/mol. The van der Waals surface area contributed by atoms with Crippen molar-refractivity contribution in [2.75, 3.05) is 0 Å². The maximum absolute atomic E-state index is 11.5. The van der Waals surface area contributed by atoms with Crippen LogP contribution in [0.2, 0.25) is 0 Å². The highest BCUT2D eigenvalue weighted by atomic mass is 16.4. The number of hydrogen-bond acceptors (Lipinski definition) is 3. The van der Waals surface area contributed by atoms with Crippen LogP contribution in [0.4, 0.5) is 0 Å². The molecule has 0 radical (unpaired) electrons. The van der Waals surface area contributed by atoms with E-state index in [0.717, 1.165) is 25.7 Å². The number of aliphatic hydroxyl groups excluding tert-OH is 2. The Balaban J connectivity index is 1.59. The number of aliphatic hydroxyl groups is 2. The quantitative estimate of drug-likeness (QED) is 0.631. The summed E-state index contributed by atoms with van der Waals surface area (Å²) < 4.78 is 0. The van der Waals surface area contributed by atoms with Gasteiger partial charge in [-0.3, -0.25) is 4.79 Å². The molecule has 29 heavy (non-hydrogen) atoms. The Morgan fingerprint density at radius 3 is 2.34 bits per heavy atom. The molecule has 4 heteroatoms. The first-order valence-corrected chi connectivity index (χ1v) is 12.2. The predicted molar refractivity (Wildman–Crippen MR) is 113 cm³/mol. The molecule has 2 unspecified atom stereocenters. The van der Waals surface area contributed by atoms with Crippen molar-refractivity contribution < 1.29 is 20.1 Å². The summed E-state index contributed by atoms with van der Waals surface area (Å²) in [6.07, 6.45) is 8.22. The standard InChI is InChI=1S/C25H42O4/c1-14(5-8-21(27)28)17-6-7-18-22-19(10-12-24(17,18)3)25(4)11-9-16(26)13-20(25)15(2)23(22)29/h14-20,22-23,26,29H,5-13H2,1-4H3,(H,27,28)/t14-,15-,16-,17?,18+,19+,20?,22+,23-,24-,25-/m1/s1. The van der Waals surface area contributed by atoms with Gasteiger partial charge < -0.3 is 15.3 Å². The van der Waals surface area contributed by atoms with Crippen molar-refractivity contribution in [2.45, 2.75) is 97.7 Å². The van der Waals surface area contributed by atoms with Gasteiger partial charge in [-0.05, 0) is 104 Å². The van der Waals surface area contributed by atoms with Crippen molar-refractivity contribution >= 4 is 5.97 Å². The highest BCUT2D eigenvalue weighted by Gasteiger charge is 2.64. The molecule has 11 atom stereocenters. The van der Waals surface area contributed by atoms with Crippen LogP contribution in [0.5, 0.6) is 0 Å². The molecule has 4 aliphatic carbocycles. The SMILES string of the molecule is C[C@H](CCC(=O)O)C1CC[C@H]2[C@@H]3[C@H](O)[C@H](C)C4C[C@H](O)CC[C@]4(C)[C@H]3CC[C@]12C. The van der Waals surface area contributed by atoms with Gasteiger partial charge in [0.2, 0.25) is 0 Å². The highest BCUT2D eigenvalue weighted by Crippen LogP contribution is 2.69. The normalized spacial score (nSPS) is 52.9. The molecule has 3 N–H and O–H groups in total. The van der Waals surface area contributed by atoms with Gasteiger partial charge in [0, 0.05) is 6.42 Å². The third kappa shape index (κ3) is 3.28. The smallest absolute Gasteiger partial charge is 0.303 e. The van der Waals surface area contributed by atoms with Crippen LogP contribution in [-0.2, 0) is 4.79 Å². The van der Waals surface area contributed by atoms with Gasteiger partial charge in [0.1, 0.15) is 0 Å². The van der Waals surface area contributed by atoms with Gasteiger partial charge in [0.15, 0.2) is 0 Å². The lowest BCUT2D eigenvalue weighted by atomic mass is 9.42. The number of carboxylic acids is 1. The Morgan fingerprint density at radius 1 is 1.00 bits per heavy atom. The van der Waals surface area contributed by atoms with Crippen LogP contribution in [0.25, 0.3) is 0 Å². The molecule has 4 nitrogen and oxygen atoms in total. The number of aliphatic carboxylic acids is 1. The zero-order chi connectivity index (χ0) is 21.1. The zero-order valence-corrected chi connectivity index (χ0v) is 18.8. The second-order valence-corrected chi connectivity index (χ2v) is 11.8. The molecule has 4 aliphatic rings. The molecular weight excluding hydrogens is 364 g/mol. The molecule has 0 aromatic rings. The third-order valence-corrected chi connectivity index (χ3v) is 10.7. The van der Waals surface area contributed by atoms with Crippen LogP contribution in [0.15, 0.2) is 0 Å². The van der Waals surface area contributed by atoms with E-state index in [2.05, 4.69) is 27.7 Å². The van der Waals surface area contributed by atoms with E-state index in [-0.39, 0.29) is 35.4 Å². The van der Waals surface area contributed by atoms with E-state index in [4.69, 9.17) is 5.11 Å². The van der Waals surface area contributed by atoms with Gasteiger partial charge in [0.05, 0.1) is 12.2 Å². The van der Waals surface area contributed by atoms with Crippen LogP contribution >= 0.6 is 0 Å². The molecule has 4 rings (SSSR count). The van der Waals surface area contributed by atoms with Crippen molar-refractivity contribution in [1.82, 2.24) is 0 Å². The van der Waals surface area contributed by atoms with E-state index in [0.29, 0.717) is 35.5 Å². The Kier molecular flexibility index (Phi) is 5.60. The Bertz CT molecular complexity index is 634. The maximum atomic E-state index is 11.5. The third-order valence-electron chi connectivity index (χ3n) is 10.7. The van der Waals surface area contributed by atoms with Gasteiger partial charge in [-0.25, -0.2) is 0 Å². The minimum absolute atomic E-state index is 0.195. The fraction of sp³-hybridized carbons (Fsp3) is 0.960. The van der Waals surface area contributed by atoms with E-state index in [1.807, 2.05) is 0 Å². The number of fused-ring (bicyclic) bond motifs is 5. The van der Waals surface area contributed by atoms with E-state index < -0.39 is 5.97 Å². The van der Waals surface area contributed by atoms with Gasteiger partial charge in [-0.1, -0.05) is 27.7 Å². The monoisotopic (exact) mass is 406 g/mol. The van der Waals surface area contributed by atoms with Gasteiger partial charge in [-0.2, -0.15) is 0 Å². The first-order chi connectivity index (χ1) is 13.6. The summed E-state index contributed by atoms with van der Waals surface area (Å²) in [6, 6.07) is 0. The topological polar surface area (TPSA) is 77.8 Å². The summed E-state index contributed by atoms with van der Waals surface area (Å²) in [5, 5.41) is 31.0. The molecule has 0 bridgehead atoms. The molecule has 4 saturated carbocycles. The van der Waals surface area contributed by atoms with Crippen molar-refractivity contribution in [1.29, 1.82) is 0 Å². The Hall–Kier alpha value is -0.610. The first kappa shape index (κ1) is 21.6. The van der Waals surface area contributed by atoms with E-state index in [9.17, 15) is 15.0 Å². The molecule has 166 valence electrons. The summed E-state index contributed by atoms with van der Waals surface area (Å²) in [4.78, 5) is 11.1. The van der Waals surface area contributed by atoms with Gasteiger partial charge in [0.25, 0.3) is 0 Å². The van der Waals surface area contributed by atoms with Crippen LogP contribution < -0.4 is 0 Å². The minimum atomic E-state index is -0.685. The number of carbonyl (C=O) groups is 1. The van der Waals surface area contributed by atoms with E-state index >= 15 is 0 Å². The Morgan fingerprint density at radius 2 is 1.66 bits per heavy atom. The van der Waals surface area contributed by atoms with Crippen molar-refractivity contribution in [2.24, 2.45) is 52.3 Å². The van der Waals surface area contributed by atoms with Crippen LogP contribution in [-0.4, -0.2) is 33.5 Å². The lowest BCUT2D eigenvalue weighted by Gasteiger charge is -2.64. The first-order valence-electron chi connectivity index (χ1n) is 12.2. The zero-order valence-electron chi connectivity index (χ0n) is 18.8. The molecule has 0 aliphatic heterocycles. The molecule has 0 spiro atoms. The number of carboxylic acid groups (broad SMARTS) is 1. The van der Waals surface area contributed by atoms with Crippen molar-refractivity contribution in [3.8, 4) is 0 Å². The molecule has 0 saturated heterocycles. The lowest BCUT2D eigenvalue weighted by molar-refractivity contribution is -0.199. The fourth-order valence-corrected chi connectivity index (χ4v) is 9.18. The minimum Gasteiger partial charge on any atom is -0.481 e. The number of rotatable bonds is 4. The number of hydrogen-bond donors (Lipinski definition) is 3. The van der Waals surface area contributed by atoms with Crippen molar-refractivity contribution in [3.63, 3.8) is 0 Å². The largest absolute Gasteiger partial charge is 0.481 e. The summed E-state index contributed by atoms with van der Waals surface area (Å²) >= 11 is 0. The van der Waals surface area contributed by atoms with E-state index in [1.165, 1.54) is 25.7 Å².